The van der Waals surface area contributed by atoms with Crippen molar-refractivity contribution in [1.82, 2.24) is 25.1 Å². The molecule has 0 amide bonds. The van der Waals surface area contributed by atoms with Crippen molar-refractivity contribution in [2.24, 2.45) is 0 Å². The highest BCUT2D eigenvalue weighted by atomic mass is 16.5. The van der Waals surface area contributed by atoms with Gasteiger partial charge in [0.2, 0.25) is 5.95 Å². The van der Waals surface area contributed by atoms with Gasteiger partial charge in [0.25, 0.3) is 0 Å². The van der Waals surface area contributed by atoms with E-state index in [0.29, 0.717) is 36.0 Å². The van der Waals surface area contributed by atoms with Gasteiger partial charge >= 0.3 is 0 Å². The number of rotatable bonds is 11. The molecule has 2 aliphatic rings. The number of anilines is 2. The molecule has 0 bridgehead atoms. The van der Waals surface area contributed by atoms with Crippen LogP contribution in [0.4, 0.5) is 11.8 Å². The van der Waals surface area contributed by atoms with E-state index in [1.54, 1.807) is 0 Å². The molecule has 2 aliphatic heterocycles. The van der Waals surface area contributed by atoms with E-state index in [1.807, 2.05) is 15.8 Å². The van der Waals surface area contributed by atoms with Crippen LogP contribution < -0.4 is 20.7 Å². The Morgan fingerprint density at radius 3 is 2.92 bits per heavy atom. The van der Waals surface area contributed by atoms with Gasteiger partial charge in [-0.3, -0.25) is 4.68 Å². The minimum atomic E-state index is 0.0360. The third-order valence-corrected chi connectivity index (χ3v) is 6.96. The Kier molecular flexibility index (Phi) is 7.84. The zero-order chi connectivity index (χ0) is 24.9. The maximum absolute atomic E-state index is 9.61. The van der Waals surface area contributed by atoms with Gasteiger partial charge in [0.15, 0.2) is 11.3 Å². The van der Waals surface area contributed by atoms with E-state index in [9.17, 15) is 5.11 Å². The van der Waals surface area contributed by atoms with Crippen LogP contribution >= 0.6 is 0 Å². The Morgan fingerprint density at radius 1 is 1.22 bits per heavy atom. The number of nitrogen functional groups attached to an aromatic ring is 1. The van der Waals surface area contributed by atoms with Crippen LogP contribution in [0.15, 0.2) is 18.3 Å². The molecule has 36 heavy (non-hydrogen) atoms. The van der Waals surface area contributed by atoms with E-state index < -0.39 is 0 Å². The Bertz CT molecular complexity index is 1180. The van der Waals surface area contributed by atoms with Crippen LogP contribution in [0.5, 0.6) is 5.75 Å². The normalized spacial score (nSPS) is 17.3. The van der Waals surface area contributed by atoms with Gasteiger partial charge in [-0.15, -0.1) is 0 Å². The summed E-state index contributed by atoms with van der Waals surface area (Å²) in [6.45, 7) is 7.17. The molecule has 2 aromatic heterocycles. The molecule has 0 aliphatic carbocycles. The molecule has 1 fully saturated rings. The number of aromatic nitrogens is 4. The number of aliphatic hydroxyl groups excluding tert-OH is 1. The molecule has 0 spiro atoms. The van der Waals surface area contributed by atoms with Gasteiger partial charge in [0, 0.05) is 37.8 Å². The van der Waals surface area contributed by atoms with E-state index in [1.165, 1.54) is 11.1 Å². The first kappa shape index (κ1) is 24.7. The highest BCUT2D eigenvalue weighted by molar-refractivity contribution is 5.86. The molecule has 1 atom stereocenters. The van der Waals surface area contributed by atoms with Gasteiger partial charge in [-0.1, -0.05) is 25.5 Å². The number of nitrogens with two attached hydrogens (primary N) is 1. The summed E-state index contributed by atoms with van der Waals surface area (Å²) >= 11 is 0. The number of hydrogen-bond donors (Lipinski definition) is 3. The summed E-state index contributed by atoms with van der Waals surface area (Å²) < 4.78 is 13.6. The van der Waals surface area contributed by atoms with Gasteiger partial charge in [0.1, 0.15) is 11.3 Å². The van der Waals surface area contributed by atoms with E-state index >= 15 is 0 Å². The zero-order valence-electron chi connectivity index (χ0n) is 21.1. The Morgan fingerprint density at radius 2 is 2.11 bits per heavy atom. The summed E-state index contributed by atoms with van der Waals surface area (Å²) in [4.78, 5) is 11.0. The molecule has 0 saturated carbocycles. The Labute approximate surface area is 211 Å². The maximum Gasteiger partial charge on any atom is 0.222 e. The molecule has 194 valence electrons. The molecule has 4 N–H and O–H groups in total. The van der Waals surface area contributed by atoms with Gasteiger partial charge in [-0.25, -0.2) is 4.98 Å². The SMILES string of the molecule is CCCCN(CCO)c1nc(N)nc2cn(Cc3ccc(CNC4CCOC4)c4c3OCCC4)nc12. The first-order chi connectivity index (χ1) is 17.7. The molecular formula is C26H37N7O3. The van der Waals surface area contributed by atoms with Crippen molar-refractivity contribution in [3.05, 3.63) is 35.0 Å². The van der Waals surface area contributed by atoms with E-state index in [0.717, 1.165) is 76.3 Å². The molecule has 10 nitrogen and oxygen atoms in total. The summed E-state index contributed by atoms with van der Waals surface area (Å²) in [6.07, 6.45) is 7.06. The Hall–Kier alpha value is -2.95. The molecule has 1 aromatic carbocycles. The number of unbranched alkanes of at least 4 members (excludes halogenated alkanes) is 1. The second kappa shape index (κ2) is 11.4. The van der Waals surface area contributed by atoms with E-state index in [4.69, 9.17) is 20.3 Å². The minimum Gasteiger partial charge on any atom is -0.493 e. The number of ether oxygens (including phenoxy) is 2. The minimum absolute atomic E-state index is 0.0360. The van der Waals surface area contributed by atoms with Gasteiger partial charge < -0.3 is 30.5 Å². The van der Waals surface area contributed by atoms with E-state index in [-0.39, 0.29) is 12.6 Å². The van der Waals surface area contributed by atoms with Crippen LogP contribution in [0, 0.1) is 0 Å². The third kappa shape index (κ3) is 5.40. The topological polar surface area (TPSA) is 124 Å². The molecule has 10 heteroatoms. The van der Waals surface area contributed by atoms with Gasteiger partial charge in [-0.05, 0) is 36.8 Å². The number of aliphatic hydroxyl groups is 1. The van der Waals surface area contributed by atoms with Crippen molar-refractivity contribution in [3.63, 3.8) is 0 Å². The Balaban J connectivity index is 1.42. The maximum atomic E-state index is 9.61. The number of benzene rings is 1. The van der Waals surface area contributed by atoms with Crippen LogP contribution in [0.1, 0.15) is 49.3 Å². The molecule has 1 saturated heterocycles. The summed E-state index contributed by atoms with van der Waals surface area (Å²) in [7, 11) is 0. The first-order valence-electron chi connectivity index (χ1n) is 13.1. The number of nitrogens with zero attached hydrogens (tertiary/aromatic N) is 5. The van der Waals surface area contributed by atoms with Crippen LogP contribution in [-0.4, -0.2) is 70.4 Å². The predicted molar refractivity (Wildman–Crippen MR) is 139 cm³/mol. The lowest BCUT2D eigenvalue weighted by molar-refractivity contribution is 0.189. The van der Waals surface area contributed by atoms with Crippen LogP contribution in [0.25, 0.3) is 11.0 Å². The fourth-order valence-electron chi connectivity index (χ4n) is 5.07. The van der Waals surface area contributed by atoms with Gasteiger partial charge in [0.05, 0.1) is 32.6 Å². The fourth-order valence-corrected chi connectivity index (χ4v) is 5.07. The molecule has 5 rings (SSSR count). The lowest BCUT2D eigenvalue weighted by Crippen LogP contribution is -2.29. The third-order valence-electron chi connectivity index (χ3n) is 6.96. The first-order valence-corrected chi connectivity index (χ1v) is 13.1. The second-order valence-electron chi connectivity index (χ2n) is 9.62. The lowest BCUT2D eigenvalue weighted by Gasteiger charge is -2.24. The molecule has 3 aromatic rings. The average Bonchev–Trinajstić information content (AvgIpc) is 3.55. The van der Waals surface area contributed by atoms with Gasteiger partial charge in [-0.2, -0.15) is 10.1 Å². The largest absolute Gasteiger partial charge is 0.493 e. The zero-order valence-corrected chi connectivity index (χ0v) is 21.1. The van der Waals surface area contributed by atoms with Crippen molar-refractivity contribution < 1.29 is 14.6 Å². The van der Waals surface area contributed by atoms with E-state index in [2.05, 4.69) is 34.3 Å². The molecule has 0 radical (unpaired) electrons. The highest BCUT2D eigenvalue weighted by Crippen LogP contribution is 2.33. The van der Waals surface area contributed by atoms with Crippen molar-refractivity contribution >= 4 is 22.8 Å². The quantitative estimate of drug-likeness (QED) is 0.367. The second-order valence-corrected chi connectivity index (χ2v) is 9.62. The monoisotopic (exact) mass is 495 g/mol. The van der Waals surface area contributed by atoms with Crippen molar-refractivity contribution in [2.45, 2.75) is 58.2 Å². The summed E-state index contributed by atoms with van der Waals surface area (Å²) in [5.74, 6) is 1.87. The summed E-state index contributed by atoms with van der Waals surface area (Å²) in [5, 5.41) is 18.1. The number of nitrogens with one attached hydrogen (secondary N) is 1. The van der Waals surface area contributed by atoms with Crippen LogP contribution in [0.3, 0.4) is 0 Å². The number of fused-ring (bicyclic) bond motifs is 2. The van der Waals surface area contributed by atoms with Crippen molar-refractivity contribution in [2.75, 3.05) is 50.2 Å². The standard InChI is InChI=1S/C26H37N7O3/c1-2-3-9-32(10-11-34)25-23-22(29-26(27)30-25)16-33(31-23)15-19-7-6-18(14-28-20-8-13-35-17-20)21-5-4-12-36-24(19)21/h6-7,16,20,28,34H,2-5,8-15,17H2,1H3,(H2,27,29). The molecular weight excluding hydrogens is 458 g/mol. The predicted octanol–water partition coefficient (Wildman–Crippen LogP) is 2.26. The fraction of sp³-hybridized carbons (Fsp3) is 0.577. The number of hydrogen-bond acceptors (Lipinski definition) is 9. The summed E-state index contributed by atoms with van der Waals surface area (Å²) in [6, 6.07) is 4.79. The molecule has 1 unspecified atom stereocenters. The summed E-state index contributed by atoms with van der Waals surface area (Å²) in [5.41, 5.74) is 11.1. The average molecular weight is 496 g/mol. The van der Waals surface area contributed by atoms with Crippen molar-refractivity contribution in [1.29, 1.82) is 0 Å². The smallest absolute Gasteiger partial charge is 0.222 e. The molecule has 4 heterocycles. The van der Waals surface area contributed by atoms with Crippen LogP contribution in [0.2, 0.25) is 0 Å². The van der Waals surface area contributed by atoms with Crippen molar-refractivity contribution in [3.8, 4) is 5.75 Å². The highest BCUT2D eigenvalue weighted by Gasteiger charge is 2.22. The lowest BCUT2D eigenvalue weighted by atomic mass is 9.96. The van der Waals surface area contributed by atoms with Crippen LogP contribution in [-0.2, 0) is 24.2 Å².